The molecule has 3 rings (SSSR count). The Labute approximate surface area is 147 Å². The Bertz CT molecular complexity index is 775. The molecule has 0 unspecified atom stereocenters. The molecule has 0 bridgehead atoms. The van der Waals surface area contributed by atoms with E-state index < -0.39 is 11.4 Å². The minimum absolute atomic E-state index is 0.296. The zero-order chi connectivity index (χ0) is 17.7. The topological polar surface area (TPSA) is 50.2 Å². The third-order valence-electron chi connectivity index (χ3n) is 4.36. The second-order valence-electron chi connectivity index (χ2n) is 5.91. The van der Waals surface area contributed by atoms with Crippen LogP contribution in [0.4, 0.5) is 0 Å². The summed E-state index contributed by atoms with van der Waals surface area (Å²) in [6, 6.07) is 23.8. The van der Waals surface area contributed by atoms with Crippen LogP contribution in [0.5, 0.6) is 0 Å². The normalized spacial score (nSPS) is 12.0. The molecule has 3 aromatic rings. The fourth-order valence-corrected chi connectivity index (χ4v) is 3.15. The number of carboxylic acid groups (broad SMARTS) is 1. The van der Waals surface area contributed by atoms with Gasteiger partial charge in [-0.05, 0) is 35.7 Å². The van der Waals surface area contributed by atoms with Gasteiger partial charge in [0.2, 0.25) is 0 Å². The Morgan fingerprint density at radius 1 is 0.840 bits per heavy atom. The minimum atomic E-state index is -0.926. The van der Waals surface area contributed by atoms with Gasteiger partial charge in [-0.2, -0.15) is 0 Å². The molecule has 0 saturated carbocycles. The van der Waals surface area contributed by atoms with Gasteiger partial charge in [0.1, 0.15) is 0 Å². The summed E-state index contributed by atoms with van der Waals surface area (Å²) in [5.41, 5.74) is 2.58. The van der Waals surface area contributed by atoms with Gasteiger partial charge in [0.25, 0.3) is 0 Å². The maximum Gasteiger partial charge on any atom is 0.330 e. The molecule has 3 heteroatoms. The summed E-state index contributed by atoms with van der Waals surface area (Å²) in [7, 11) is 0. The first-order valence-corrected chi connectivity index (χ1v) is 8.09. The van der Waals surface area contributed by atoms with Crippen molar-refractivity contribution in [1.82, 2.24) is 4.98 Å². The zero-order valence-corrected chi connectivity index (χ0v) is 14.0. The summed E-state index contributed by atoms with van der Waals surface area (Å²) in [6.45, 7) is 1.63. The van der Waals surface area contributed by atoms with Crippen LogP contribution in [-0.4, -0.2) is 16.1 Å². The lowest BCUT2D eigenvalue weighted by atomic mass is 9.69. The van der Waals surface area contributed by atoms with Crippen molar-refractivity contribution < 1.29 is 9.90 Å². The molecular formula is C22H19NO2. The summed E-state index contributed by atoms with van der Waals surface area (Å²) in [6.07, 6.45) is 5.30. The van der Waals surface area contributed by atoms with Gasteiger partial charge in [-0.25, -0.2) is 4.79 Å². The van der Waals surface area contributed by atoms with Crippen molar-refractivity contribution in [2.24, 2.45) is 0 Å². The van der Waals surface area contributed by atoms with Crippen LogP contribution in [0.15, 0.2) is 96.8 Å². The predicted molar refractivity (Wildman–Crippen MR) is 98.4 cm³/mol. The monoisotopic (exact) mass is 329 g/mol. The summed E-state index contributed by atoms with van der Waals surface area (Å²) >= 11 is 0. The van der Waals surface area contributed by atoms with Crippen LogP contribution in [0.3, 0.4) is 0 Å². The van der Waals surface area contributed by atoms with Gasteiger partial charge in [-0.1, -0.05) is 66.7 Å². The lowest BCUT2D eigenvalue weighted by Gasteiger charge is -2.33. The number of pyridine rings is 1. The molecule has 0 amide bonds. The Kier molecular flexibility index (Phi) is 4.75. The molecule has 1 heterocycles. The number of benzene rings is 2. The van der Waals surface area contributed by atoms with Gasteiger partial charge in [0.15, 0.2) is 0 Å². The van der Waals surface area contributed by atoms with Gasteiger partial charge < -0.3 is 5.11 Å². The molecule has 3 nitrogen and oxygen atoms in total. The van der Waals surface area contributed by atoms with E-state index in [4.69, 9.17) is 0 Å². The molecule has 1 aromatic heterocycles. The molecule has 2 aromatic carbocycles. The number of nitrogens with zero attached hydrogens (tertiary/aromatic N) is 1. The summed E-state index contributed by atoms with van der Waals surface area (Å²) in [5.74, 6) is -0.926. The third-order valence-corrected chi connectivity index (χ3v) is 4.36. The molecule has 0 radical (unpaired) electrons. The Morgan fingerprint density at radius 2 is 1.28 bits per heavy atom. The average Bonchev–Trinajstić information content (AvgIpc) is 2.68. The molecule has 0 spiro atoms. The van der Waals surface area contributed by atoms with E-state index in [2.05, 4.69) is 4.98 Å². The Hall–Kier alpha value is -3.20. The van der Waals surface area contributed by atoms with Crippen LogP contribution >= 0.6 is 0 Å². The van der Waals surface area contributed by atoms with E-state index in [9.17, 15) is 9.90 Å². The van der Waals surface area contributed by atoms with Gasteiger partial charge in [0, 0.05) is 18.0 Å². The van der Waals surface area contributed by atoms with Crippen molar-refractivity contribution in [2.45, 2.75) is 12.3 Å². The SMILES string of the molecule is C/C(=C\C(c1ccccc1)(c1ccccc1)c1ccncc1)C(=O)O. The highest BCUT2D eigenvalue weighted by atomic mass is 16.4. The fraction of sp³-hybridized carbons (Fsp3) is 0.0909. The molecule has 25 heavy (non-hydrogen) atoms. The first-order chi connectivity index (χ1) is 12.1. The maximum absolute atomic E-state index is 11.6. The molecular weight excluding hydrogens is 310 g/mol. The number of aliphatic carboxylic acids is 1. The predicted octanol–water partition coefficient (Wildman–Crippen LogP) is 4.45. The number of hydrogen-bond donors (Lipinski definition) is 1. The molecule has 0 aliphatic heterocycles. The third kappa shape index (κ3) is 3.22. The van der Waals surface area contributed by atoms with Gasteiger partial charge in [-0.3, -0.25) is 4.98 Å². The number of hydrogen-bond acceptors (Lipinski definition) is 2. The molecule has 0 saturated heterocycles. The van der Waals surface area contributed by atoms with Crippen molar-refractivity contribution in [1.29, 1.82) is 0 Å². The highest BCUT2D eigenvalue weighted by Gasteiger charge is 2.34. The molecule has 0 aliphatic carbocycles. The quantitative estimate of drug-likeness (QED) is 0.704. The van der Waals surface area contributed by atoms with E-state index in [0.717, 1.165) is 16.7 Å². The van der Waals surface area contributed by atoms with Crippen LogP contribution < -0.4 is 0 Å². The highest BCUT2D eigenvalue weighted by Crippen LogP contribution is 2.41. The number of carbonyl (C=O) groups is 1. The average molecular weight is 329 g/mol. The van der Waals surface area contributed by atoms with E-state index >= 15 is 0 Å². The van der Waals surface area contributed by atoms with Crippen LogP contribution in [0.2, 0.25) is 0 Å². The Morgan fingerprint density at radius 3 is 1.72 bits per heavy atom. The van der Waals surface area contributed by atoms with Gasteiger partial charge in [0.05, 0.1) is 5.41 Å². The lowest BCUT2D eigenvalue weighted by Crippen LogP contribution is -2.28. The molecule has 124 valence electrons. The zero-order valence-electron chi connectivity index (χ0n) is 14.0. The standard InChI is InChI=1S/C22H19NO2/c1-17(21(24)25)16-22(18-8-4-2-5-9-18,19-10-6-3-7-11-19)20-12-14-23-15-13-20/h2-16H,1H3,(H,24,25)/b17-16+. The molecule has 0 fully saturated rings. The second kappa shape index (κ2) is 7.14. The van der Waals surface area contributed by atoms with Gasteiger partial charge in [-0.15, -0.1) is 0 Å². The van der Waals surface area contributed by atoms with Crippen molar-refractivity contribution in [3.8, 4) is 0 Å². The van der Waals surface area contributed by atoms with E-state index in [-0.39, 0.29) is 0 Å². The largest absolute Gasteiger partial charge is 0.478 e. The van der Waals surface area contributed by atoms with Gasteiger partial charge >= 0.3 is 5.97 Å². The van der Waals surface area contributed by atoms with Crippen molar-refractivity contribution in [2.75, 3.05) is 0 Å². The van der Waals surface area contributed by atoms with Crippen molar-refractivity contribution >= 4 is 5.97 Å². The van der Waals surface area contributed by atoms with Crippen molar-refractivity contribution in [3.05, 3.63) is 114 Å². The number of aromatic nitrogens is 1. The van der Waals surface area contributed by atoms with Crippen LogP contribution in [0.1, 0.15) is 23.6 Å². The fourth-order valence-electron chi connectivity index (χ4n) is 3.15. The van der Waals surface area contributed by atoms with Crippen LogP contribution in [0.25, 0.3) is 0 Å². The molecule has 1 N–H and O–H groups in total. The van der Waals surface area contributed by atoms with E-state index in [0.29, 0.717) is 5.57 Å². The smallest absolute Gasteiger partial charge is 0.330 e. The van der Waals surface area contributed by atoms with E-state index in [1.54, 1.807) is 19.3 Å². The summed E-state index contributed by atoms with van der Waals surface area (Å²) in [5, 5.41) is 9.51. The maximum atomic E-state index is 11.6. The first-order valence-electron chi connectivity index (χ1n) is 8.09. The first kappa shape index (κ1) is 16.7. The minimum Gasteiger partial charge on any atom is -0.478 e. The number of carboxylic acids is 1. The second-order valence-corrected chi connectivity index (χ2v) is 5.91. The number of allylic oxidation sites excluding steroid dienone is 1. The van der Waals surface area contributed by atoms with E-state index in [1.165, 1.54) is 0 Å². The number of rotatable bonds is 5. The lowest BCUT2D eigenvalue weighted by molar-refractivity contribution is -0.132. The Balaban J connectivity index is 2.40. The van der Waals surface area contributed by atoms with Crippen molar-refractivity contribution in [3.63, 3.8) is 0 Å². The molecule has 0 atom stereocenters. The van der Waals surface area contributed by atoms with Crippen LogP contribution in [-0.2, 0) is 10.2 Å². The molecule has 0 aliphatic rings. The summed E-state index contributed by atoms with van der Waals surface area (Å²) in [4.78, 5) is 15.7. The summed E-state index contributed by atoms with van der Waals surface area (Å²) < 4.78 is 0. The van der Waals surface area contributed by atoms with Crippen LogP contribution in [0, 0.1) is 0 Å². The highest BCUT2D eigenvalue weighted by molar-refractivity contribution is 5.86. The van der Waals surface area contributed by atoms with E-state index in [1.807, 2.05) is 78.9 Å².